The molecule has 8 heteroatoms. The van der Waals surface area contributed by atoms with Crippen LogP contribution < -0.4 is 18.6 Å². The molecule has 0 atom stereocenters. The summed E-state index contributed by atoms with van der Waals surface area (Å²) in [6.07, 6.45) is 0. The van der Waals surface area contributed by atoms with Crippen molar-refractivity contribution in [3.8, 4) is 23.0 Å². The van der Waals surface area contributed by atoms with E-state index in [-0.39, 0.29) is 17.2 Å². The van der Waals surface area contributed by atoms with Crippen molar-refractivity contribution in [3.63, 3.8) is 0 Å². The summed E-state index contributed by atoms with van der Waals surface area (Å²) < 4.78 is 32.1. The number of hydrogen-bond donors (Lipinski definition) is 2. The molecule has 0 heterocycles. The Morgan fingerprint density at radius 1 is 0.941 bits per heavy atom. The molecule has 0 amide bonds. The summed E-state index contributed by atoms with van der Waals surface area (Å²) >= 11 is 0. The molecule has 0 bridgehead atoms. The van der Waals surface area contributed by atoms with Gasteiger partial charge in [0.15, 0.2) is 11.5 Å². The van der Waals surface area contributed by atoms with Crippen molar-refractivity contribution in [1.82, 2.24) is 0 Å². The van der Waals surface area contributed by atoms with Gasteiger partial charge in [-0.1, -0.05) is 0 Å². The second-order valence-electron chi connectivity index (χ2n) is 2.96. The van der Waals surface area contributed by atoms with Crippen molar-refractivity contribution in [3.05, 3.63) is 12.1 Å². The Morgan fingerprint density at radius 2 is 1.41 bits per heavy atom. The van der Waals surface area contributed by atoms with Crippen molar-refractivity contribution in [1.29, 1.82) is 0 Å². The Morgan fingerprint density at radius 3 is 1.82 bits per heavy atom. The predicted octanol–water partition coefficient (Wildman–Crippen LogP) is 0.481. The molecule has 0 fully saturated rings. The SMILES string of the molecule is COc1ccc(O[Si](O)(O)F)c(OC)c1OC. The van der Waals surface area contributed by atoms with Gasteiger partial charge < -0.3 is 28.2 Å². The highest BCUT2D eigenvalue weighted by Gasteiger charge is 2.39. The van der Waals surface area contributed by atoms with Gasteiger partial charge in [-0.15, -0.1) is 0 Å². The summed E-state index contributed by atoms with van der Waals surface area (Å²) in [5, 5.41) is 0. The Labute approximate surface area is 98.7 Å². The zero-order valence-electron chi connectivity index (χ0n) is 9.56. The van der Waals surface area contributed by atoms with Crippen LogP contribution in [0.3, 0.4) is 0 Å². The minimum Gasteiger partial charge on any atom is -0.493 e. The molecule has 0 saturated carbocycles. The zero-order chi connectivity index (χ0) is 13.1. The van der Waals surface area contributed by atoms with Crippen LogP contribution in [0.2, 0.25) is 0 Å². The van der Waals surface area contributed by atoms with E-state index in [0.717, 1.165) is 0 Å². The number of hydrogen-bond acceptors (Lipinski definition) is 6. The van der Waals surface area contributed by atoms with Gasteiger partial charge in [-0.2, -0.15) is 0 Å². The molecule has 1 rings (SSSR count). The third-order valence-corrected chi connectivity index (χ3v) is 2.39. The maximum Gasteiger partial charge on any atom is 0.785 e. The van der Waals surface area contributed by atoms with Gasteiger partial charge in [0.2, 0.25) is 11.5 Å². The summed E-state index contributed by atoms with van der Waals surface area (Å²) in [6, 6.07) is 2.71. The molecule has 0 aliphatic carbocycles. The van der Waals surface area contributed by atoms with Crippen LogP contribution >= 0.6 is 0 Å². The first-order valence-electron chi connectivity index (χ1n) is 4.54. The molecule has 0 unspecified atom stereocenters. The quantitative estimate of drug-likeness (QED) is 0.595. The Bertz CT molecular complexity index is 392. The van der Waals surface area contributed by atoms with Gasteiger partial charge in [-0.25, -0.2) is 4.11 Å². The highest BCUT2D eigenvalue weighted by Crippen LogP contribution is 2.44. The molecule has 0 aliphatic rings. The lowest BCUT2D eigenvalue weighted by atomic mass is 10.2. The number of ether oxygens (including phenoxy) is 3. The summed E-state index contributed by atoms with van der Waals surface area (Å²) in [5.41, 5.74) is 0. The Kier molecular flexibility index (Phi) is 4.15. The molecule has 0 saturated heterocycles. The minimum absolute atomic E-state index is 0.0180. The second-order valence-corrected chi connectivity index (χ2v) is 4.22. The monoisotopic (exact) mass is 264 g/mol. The summed E-state index contributed by atoms with van der Waals surface area (Å²) in [5.74, 6) is 0.359. The molecule has 6 nitrogen and oxygen atoms in total. The van der Waals surface area contributed by atoms with Gasteiger partial charge in [0.05, 0.1) is 21.3 Å². The van der Waals surface area contributed by atoms with Crippen LogP contribution in [0.1, 0.15) is 0 Å². The second kappa shape index (κ2) is 5.21. The Balaban J connectivity index is 3.23. The van der Waals surface area contributed by atoms with Gasteiger partial charge in [-0.3, -0.25) is 0 Å². The van der Waals surface area contributed by atoms with Gasteiger partial charge in [0, 0.05) is 0 Å². The maximum atomic E-state index is 12.7. The summed E-state index contributed by atoms with van der Waals surface area (Å²) in [4.78, 5) is 17.3. The maximum absolute atomic E-state index is 12.7. The molecule has 0 radical (unpaired) electrons. The number of benzene rings is 1. The normalized spacial score (nSPS) is 10.9. The fourth-order valence-electron chi connectivity index (χ4n) is 1.29. The van der Waals surface area contributed by atoms with Crippen LogP contribution in [0.5, 0.6) is 23.0 Å². The highest BCUT2D eigenvalue weighted by atomic mass is 28.4. The molecular formula is C9H13FO6Si. The number of methoxy groups -OCH3 is 3. The average molecular weight is 264 g/mol. The molecule has 1 aromatic carbocycles. The van der Waals surface area contributed by atoms with E-state index >= 15 is 0 Å². The molecule has 0 spiro atoms. The Hall–Kier alpha value is -1.51. The van der Waals surface area contributed by atoms with E-state index in [1.807, 2.05) is 0 Å². The van der Waals surface area contributed by atoms with E-state index in [1.54, 1.807) is 0 Å². The van der Waals surface area contributed by atoms with Crippen molar-refractivity contribution in [2.75, 3.05) is 21.3 Å². The van der Waals surface area contributed by atoms with E-state index in [0.29, 0.717) is 5.75 Å². The first-order valence-corrected chi connectivity index (χ1v) is 6.22. The number of halogens is 1. The van der Waals surface area contributed by atoms with Crippen LogP contribution in [0, 0.1) is 0 Å². The standard InChI is InChI=1S/C9H13FO6Si/c1-13-6-4-5-7(16-17(10,11)12)9(15-3)8(6)14-2/h4-5,11-12H,1-3H3. The molecule has 0 aromatic heterocycles. The zero-order valence-corrected chi connectivity index (χ0v) is 10.6. The third-order valence-electron chi connectivity index (χ3n) is 1.91. The van der Waals surface area contributed by atoms with Gasteiger partial charge >= 0.3 is 9.14 Å². The summed E-state index contributed by atoms with van der Waals surface area (Å²) in [6.45, 7) is 0. The average Bonchev–Trinajstić information content (AvgIpc) is 2.26. The van der Waals surface area contributed by atoms with E-state index in [1.165, 1.54) is 33.5 Å². The van der Waals surface area contributed by atoms with Crippen LogP contribution in [-0.4, -0.2) is 40.1 Å². The fourth-order valence-corrected chi connectivity index (χ4v) is 1.73. The van der Waals surface area contributed by atoms with Crippen LogP contribution in [0.4, 0.5) is 4.11 Å². The van der Waals surface area contributed by atoms with Gasteiger partial charge in [0.1, 0.15) is 0 Å². The lowest BCUT2D eigenvalue weighted by molar-refractivity contribution is 0.172. The van der Waals surface area contributed by atoms with Crippen molar-refractivity contribution in [2.45, 2.75) is 0 Å². The smallest absolute Gasteiger partial charge is 0.493 e. The highest BCUT2D eigenvalue weighted by molar-refractivity contribution is 6.50. The lowest BCUT2D eigenvalue weighted by Crippen LogP contribution is -2.37. The van der Waals surface area contributed by atoms with E-state index < -0.39 is 9.14 Å². The molecule has 1 aromatic rings. The third kappa shape index (κ3) is 3.22. The van der Waals surface area contributed by atoms with E-state index in [4.69, 9.17) is 23.8 Å². The number of rotatable bonds is 5. The van der Waals surface area contributed by atoms with Crippen molar-refractivity contribution >= 4 is 9.14 Å². The first-order chi connectivity index (χ1) is 7.92. The lowest BCUT2D eigenvalue weighted by Gasteiger charge is -2.17. The minimum atomic E-state index is -5.19. The molecule has 2 N–H and O–H groups in total. The summed E-state index contributed by atoms with van der Waals surface area (Å²) in [7, 11) is -1.10. The molecule has 17 heavy (non-hydrogen) atoms. The molecular weight excluding hydrogens is 251 g/mol. The van der Waals surface area contributed by atoms with Crippen LogP contribution in [-0.2, 0) is 0 Å². The van der Waals surface area contributed by atoms with E-state index in [9.17, 15) is 4.11 Å². The molecule has 0 aliphatic heterocycles. The molecule has 96 valence electrons. The topological polar surface area (TPSA) is 77.4 Å². The van der Waals surface area contributed by atoms with E-state index in [2.05, 4.69) is 4.43 Å². The first kappa shape index (κ1) is 13.6. The fraction of sp³-hybridized carbons (Fsp3) is 0.333. The predicted molar refractivity (Wildman–Crippen MR) is 58.0 cm³/mol. The van der Waals surface area contributed by atoms with Crippen LogP contribution in [0.15, 0.2) is 12.1 Å². The van der Waals surface area contributed by atoms with Gasteiger partial charge in [0.25, 0.3) is 0 Å². The van der Waals surface area contributed by atoms with Crippen molar-refractivity contribution < 1.29 is 32.3 Å². The van der Waals surface area contributed by atoms with Crippen molar-refractivity contribution in [2.24, 2.45) is 0 Å². The van der Waals surface area contributed by atoms with Gasteiger partial charge in [-0.05, 0) is 12.1 Å². The van der Waals surface area contributed by atoms with Crippen LogP contribution in [0.25, 0.3) is 0 Å². The largest absolute Gasteiger partial charge is 0.785 e.